The summed E-state index contributed by atoms with van der Waals surface area (Å²) < 4.78 is 5.49. The number of aromatic nitrogens is 1. The summed E-state index contributed by atoms with van der Waals surface area (Å²) in [5.41, 5.74) is 1.21. The van der Waals surface area contributed by atoms with Crippen LogP contribution in [0.2, 0.25) is 0 Å². The molecule has 2 aromatic rings. The number of nitrogens with one attached hydrogen (secondary N) is 1. The van der Waals surface area contributed by atoms with E-state index in [9.17, 15) is 0 Å². The van der Waals surface area contributed by atoms with Crippen molar-refractivity contribution in [2.24, 2.45) is 0 Å². The van der Waals surface area contributed by atoms with Crippen LogP contribution >= 0.6 is 11.3 Å². The summed E-state index contributed by atoms with van der Waals surface area (Å²) in [4.78, 5) is 5.79. The van der Waals surface area contributed by atoms with Gasteiger partial charge in [-0.15, -0.1) is 11.3 Å². The van der Waals surface area contributed by atoms with Crippen LogP contribution in [0.4, 0.5) is 0 Å². The molecule has 1 fully saturated rings. The third-order valence-corrected chi connectivity index (χ3v) is 5.20. The average molecular weight is 316 g/mol. The Balaban J connectivity index is 1.58. The molecule has 0 atom stereocenters. The summed E-state index contributed by atoms with van der Waals surface area (Å²) in [5, 5.41) is 4.83. The molecule has 0 spiro atoms. The zero-order valence-electron chi connectivity index (χ0n) is 13.2. The number of hydrogen-bond acceptors (Lipinski definition) is 4. The van der Waals surface area contributed by atoms with Crippen LogP contribution < -0.4 is 10.1 Å². The van der Waals surface area contributed by atoms with E-state index in [4.69, 9.17) is 4.74 Å². The molecule has 1 aromatic carbocycles. The number of nitrogens with zero attached hydrogens (tertiary/aromatic N) is 1. The Morgan fingerprint density at radius 3 is 2.68 bits per heavy atom. The van der Waals surface area contributed by atoms with E-state index in [2.05, 4.69) is 22.4 Å². The minimum absolute atomic E-state index is 0.687. The third kappa shape index (κ3) is 4.08. The fourth-order valence-corrected chi connectivity index (χ4v) is 3.82. The average Bonchev–Trinajstić information content (AvgIpc) is 3.04. The van der Waals surface area contributed by atoms with Crippen LogP contribution in [0.5, 0.6) is 5.75 Å². The Labute approximate surface area is 136 Å². The molecule has 1 aromatic heterocycles. The van der Waals surface area contributed by atoms with Crippen molar-refractivity contribution in [1.82, 2.24) is 10.3 Å². The number of hydrogen-bond donors (Lipinski definition) is 1. The number of ether oxygens (including phenoxy) is 1. The van der Waals surface area contributed by atoms with Gasteiger partial charge in [-0.3, -0.25) is 0 Å². The Morgan fingerprint density at radius 1 is 1.18 bits per heavy atom. The maximum absolute atomic E-state index is 5.49. The molecule has 3 rings (SSSR count). The quantitative estimate of drug-likeness (QED) is 0.843. The van der Waals surface area contributed by atoms with Gasteiger partial charge < -0.3 is 10.1 Å². The fourth-order valence-electron chi connectivity index (χ4n) is 2.95. The minimum Gasteiger partial charge on any atom is -0.494 e. The predicted molar refractivity (Wildman–Crippen MR) is 92.4 cm³/mol. The largest absolute Gasteiger partial charge is 0.494 e. The van der Waals surface area contributed by atoms with E-state index in [0.29, 0.717) is 12.6 Å². The molecule has 22 heavy (non-hydrogen) atoms. The molecule has 1 aliphatic carbocycles. The van der Waals surface area contributed by atoms with Gasteiger partial charge in [0.25, 0.3) is 0 Å². The first-order valence-electron chi connectivity index (χ1n) is 8.26. The van der Waals surface area contributed by atoms with Gasteiger partial charge in [0.2, 0.25) is 0 Å². The normalized spacial score (nSPS) is 15.9. The highest BCUT2D eigenvalue weighted by atomic mass is 32.1. The zero-order chi connectivity index (χ0) is 15.2. The molecule has 3 nitrogen and oxygen atoms in total. The van der Waals surface area contributed by atoms with Gasteiger partial charge in [0.05, 0.1) is 11.5 Å². The third-order valence-electron chi connectivity index (χ3n) is 4.15. The van der Waals surface area contributed by atoms with E-state index in [1.807, 2.05) is 25.3 Å². The molecule has 0 aliphatic heterocycles. The van der Waals surface area contributed by atoms with Gasteiger partial charge in [-0.1, -0.05) is 19.3 Å². The fraction of sp³-hybridized carbons (Fsp3) is 0.500. The molecule has 0 saturated heterocycles. The molecule has 1 saturated carbocycles. The second-order valence-corrected chi connectivity index (χ2v) is 6.91. The molecule has 0 radical (unpaired) electrons. The first kappa shape index (κ1) is 15.5. The summed E-state index contributed by atoms with van der Waals surface area (Å²) in [6, 6.07) is 8.96. The van der Waals surface area contributed by atoms with Crippen LogP contribution in [0.1, 0.15) is 44.0 Å². The lowest BCUT2D eigenvalue weighted by Gasteiger charge is -2.22. The second kappa shape index (κ2) is 7.75. The van der Waals surface area contributed by atoms with E-state index in [1.54, 1.807) is 11.3 Å². The van der Waals surface area contributed by atoms with Gasteiger partial charge in [-0.2, -0.15) is 0 Å². The highest BCUT2D eigenvalue weighted by Gasteiger charge is 2.13. The highest BCUT2D eigenvalue weighted by molar-refractivity contribution is 7.15. The molecule has 118 valence electrons. The van der Waals surface area contributed by atoms with Crippen LogP contribution in [0.15, 0.2) is 30.5 Å². The van der Waals surface area contributed by atoms with E-state index < -0.39 is 0 Å². The summed E-state index contributed by atoms with van der Waals surface area (Å²) >= 11 is 1.78. The Kier molecular flexibility index (Phi) is 5.46. The van der Waals surface area contributed by atoms with Gasteiger partial charge in [-0.05, 0) is 49.6 Å². The Hall–Kier alpha value is -1.39. The van der Waals surface area contributed by atoms with Gasteiger partial charge in [0, 0.05) is 18.8 Å². The van der Waals surface area contributed by atoms with Gasteiger partial charge >= 0.3 is 0 Å². The zero-order valence-corrected chi connectivity index (χ0v) is 14.0. The van der Waals surface area contributed by atoms with Crippen molar-refractivity contribution in [1.29, 1.82) is 0 Å². The lowest BCUT2D eigenvalue weighted by atomic mass is 9.96. The van der Waals surface area contributed by atoms with Crippen molar-refractivity contribution < 1.29 is 4.74 Å². The molecule has 0 bridgehead atoms. The van der Waals surface area contributed by atoms with Gasteiger partial charge in [-0.25, -0.2) is 4.98 Å². The molecule has 4 heteroatoms. The van der Waals surface area contributed by atoms with Crippen LogP contribution in [0, 0.1) is 0 Å². The van der Waals surface area contributed by atoms with Crippen LogP contribution in [0.25, 0.3) is 10.4 Å². The van der Waals surface area contributed by atoms with E-state index >= 15 is 0 Å². The van der Waals surface area contributed by atoms with Crippen molar-refractivity contribution in [2.75, 3.05) is 6.61 Å². The minimum atomic E-state index is 0.687. The smallest absolute Gasteiger partial charge is 0.119 e. The van der Waals surface area contributed by atoms with Crippen molar-refractivity contribution in [3.05, 3.63) is 35.5 Å². The molecule has 0 amide bonds. The van der Waals surface area contributed by atoms with Gasteiger partial charge in [0.15, 0.2) is 0 Å². The van der Waals surface area contributed by atoms with Crippen LogP contribution in [-0.4, -0.2) is 17.6 Å². The Bertz CT molecular complexity index is 573. The summed E-state index contributed by atoms with van der Waals surface area (Å²) in [6.45, 7) is 3.60. The monoisotopic (exact) mass is 316 g/mol. The highest BCUT2D eigenvalue weighted by Crippen LogP contribution is 2.28. The standard InChI is InChI=1S/C18H24N2OS/c1-2-21-16-10-8-14(9-11-16)17-12-20-18(22-17)13-19-15-6-4-3-5-7-15/h8-12,15,19H,2-7,13H2,1H3. The van der Waals surface area contributed by atoms with Crippen LogP contribution in [-0.2, 0) is 6.54 Å². The predicted octanol–water partition coefficient (Wildman–Crippen LogP) is 4.63. The second-order valence-electron chi connectivity index (χ2n) is 5.79. The SMILES string of the molecule is CCOc1ccc(-c2cnc(CNC3CCCCC3)s2)cc1. The maximum Gasteiger partial charge on any atom is 0.119 e. The molecule has 1 aliphatic rings. The molecular weight excluding hydrogens is 292 g/mol. The van der Waals surface area contributed by atoms with E-state index in [0.717, 1.165) is 12.3 Å². The number of rotatable bonds is 6. The van der Waals surface area contributed by atoms with Crippen molar-refractivity contribution in [3.63, 3.8) is 0 Å². The van der Waals surface area contributed by atoms with E-state index in [-0.39, 0.29) is 0 Å². The lowest BCUT2D eigenvalue weighted by molar-refractivity contribution is 0.340. The van der Waals surface area contributed by atoms with Crippen molar-refractivity contribution >= 4 is 11.3 Å². The van der Waals surface area contributed by atoms with Gasteiger partial charge in [0.1, 0.15) is 10.8 Å². The van der Waals surface area contributed by atoms with E-state index in [1.165, 1.54) is 47.6 Å². The first-order chi connectivity index (χ1) is 10.8. The molecule has 0 unspecified atom stereocenters. The number of thiazole rings is 1. The summed E-state index contributed by atoms with van der Waals surface area (Å²) in [6.07, 6.45) is 8.75. The number of benzene rings is 1. The summed E-state index contributed by atoms with van der Waals surface area (Å²) in [5.74, 6) is 0.926. The molecule has 1 N–H and O–H groups in total. The maximum atomic E-state index is 5.49. The topological polar surface area (TPSA) is 34.1 Å². The van der Waals surface area contributed by atoms with Crippen molar-refractivity contribution in [2.45, 2.75) is 51.6 Å². The lowest BCUT2D eigenvalue weighted by Crippen LogP contribution is -2.30. The summed E-state index contributed by atoms with van der Waals surface area (Å²) in [7, 11) is 0. The van der Waals surface area contributed by atoms with Crippen LogP contribution in [0.3, 0.4) is 0 Å². The van der Waals surface area contributed by atoms with Crippen molar-refractivity contribution in [3.8, 4) is 16.2 Å². The first-order valence-corrected chi connectivity index (χ1v) is 9.08. The Morgan fingerprint density at radius 2 is 1.95 bits per heavy atom. The molecule has 1 heterocycles. The molecular formula is C18H24N2OS.